The van der Waals surface area contributed by atoms with Crippen LogP contribution in [0.1, 0.15) is 54.6 Å². The Morgan fingerprint density at radius 3 is 2.78 bits per heavy atom. The van der Waals surface area contributed by atoms with Crippen LogP contribution in [0.4, 0.5) is 14.6 Å². The molecule has 2 aromatic heterocycles. The van der Waals surface area contributed by atoms with Crippen molar-refractivity contribution in [1.82, 2.24) is 19.4 Å². The van der Waals surface area contributed by atoms with Crippen molar-refractivity contribution in [2.45, 2.75) is 51.3 Å². The van der Waals surface area contributed by atoms with Gasteiger partial charge in [-0.1, -0.05) is 18.2 Å². The molecule has 1 saturated carbocycles. The van der Waals surface area contributed by atoms with Crippen molar-refractivity contribution >= 4 is 22.8 Å². The fourth-order valence-electron chi connectivity index (χ4n) is 5.46. The van der Waals surface area contributed by atoms with E-state index in [-0.39, 0.29) is 35.5 Å². The lowest BCUT2D eigenvalue weighted by Crippen LogP contribution is -2.53. The van der Waals surface area contributed by atoms with Crippen LogP contribution in [0.25, 0.3) is 11.0 Å². The maximum atomic E-state index is 14.1. The molecule has 3 aliphatic rings. The molecule has 1 aliphatic carbocycles. The summed E-state index contributed by atoms with van der Waals surface area (Å²) in [4.78, 5) is 23.7. The molecule has 37 heavy (non-hydrogen) atoms. The number of hydrogen-bond donors (Lipinski definition) is 2. The number of hydrogen-bond acceptors (Lipinski definition) is 6. The van der Waals surface area contributed by atoms with Crippen LogP contribution in [0.15, 0.2) is 30.3 Å². The van der Waals surface area contributed by atoms with Crippen molar-refractivity contribution in [3.05, 3.63) is 53.0 Å². The SMILES string of the molecule is Cc1nc(N[C@H](C)c2cccc(C(F)(F)CO)c2)c2cc3n(c2n1)CCOC3C1CN(C(=O)C2CC2)C1. The number of aromatic nitrogens is 3. The zero-order valence-corrected chi connectivity index (χ0v) is 21.0. The summed E-state index contributed by atoms with van der Waals surface area (Å²) < 4.78 is 36.5. The van der Waals surface area contributed by atoms with Crippen LogP contribution in [-0.2, 0) is 22.0 Å². The van der Waals surface area contributed by atoms with Crippen LogP contribution in [0.2, 0.25) is 0 Å². The highest BCUT2D eigenvalue weighted by molar-refractivity contribution is 5.89. The first-order chi connectivity index (χ1) is 17.7. The van der Waals surface area contributed by atoms with Crippen LogP contribution in [0, 0.1) is 18.8 Å². The van der Waals surface area contributed by atoms with Gasteiger partial charge in [0.2, 0.25) is 5.91 Å². The average Bonchev–Trinajstić information content (AvgIpc) is 3.65. The number of carbonyl (C=O) groups excluding carboxylic acids is 1. The third-order valence-corrected chi connectivity index (χ3v) is 7.74. The van der Waals surface area contributed by atoms with Gasteiger partial charge in [-0.2, -0.15) is 8.78 Å². The minimum atomic E-state index is -3.30. The molecule has 1 saturated heterocycles. The van der Waals surface area contributed by atoms with Gasteiger partial charge in [0.05, 0.1) is 12.0 Å². The van der Waals surface area contributed by atoms with Crippen molar-refractivity contribution in [1.29, 1.82) is 0 Å². The number of nitrogens with zero attached hydrogens (tertiary/aromatic N) is 4. The van der Waals surface area contributed by atoms with Crippen molar-refractivity contribution in [3.8, 4) is 0 Å². The maximum absolute atomic E-state index is 14.1. The number of ether oxygens (including phenoxy) is 1. The topological polar surface area (TPSA) is 92.5 Å². The van der Waals surface area contributed by atoms with Gasteiger partial charge in [-0.05, 0) is 44.4 Å². The Hall–Kier alpha value is -3.11. The summed E-state index contributed by atoms with van der Waals surface area (Å²) in [7, 11) is 0. The number of benzene rings is 1. The lowest BCUT2D eigenvalue weighted by Gasteiger charge is -2.44. The van der Waals surface area contributed by atoms with Crippen LogP contribution in [0.5, 0.6) is 0 Å². The number of amides is 1. The van der Waals surface area contributed by atoms with Gasteiger partial charge in [0.15, 0.2) is 0 Å². The molecule has 0 radical (unpaired) electrons. The van der Waals surface area contributed by atoms with Gasteiger partial charge in [-0.15, -0.1) is 0 Å². The van der Waals surface area contributed by atoms with Gasteiger partial charge in [0.25, 0.3) is 5.92 Å². The number of aliphatic hydroxyl groups excluding tert-OH is 1. The first-order valence-electron chi connectivity index (χ1n) is 12.9. The number of carbonyl (C=O) groups is 1. The van der Waals surface area contributed by atoms with Crippen LogP contribution in [0.3, 0.4) is 0 Å². The highest BCUT2D eigenvalue weighted by Crippen LogP contribution is 2.41. The fraction of sp³-hybridized carbons (Fsp3) is 0.519. The lowest BCUT2D eigenvalue weighted by molar-refractivity contribution is -0.145. The second-order valence-corrected chi connectivity index (χ2v) is 10.5. The van der Waals surface area contributed by atoms with Crippen molar-refractivity contribution in [3.63, 3.8) is 0 Å². The van der Waals surface area contributed by atoms with Crippen LogP contribution >= 0.6 is 0 Å². The fourth-order valence-corrected chi connectivity index (χ4v) is 5.46. The quantitative estimate of drug-likeness (QED) is 0.499. The summed E-state index contributed by atoms with van der Waals surface area (Å²) in [6.45, 7) is 5.16. The molecule has 2 aliphatic heterocycles. The molecule has 1 aromatic carbocycles. The minimum absolute atomic E-state index is 0.117. The molecule has 2 fully saturated rings. The summed E-state index contributed by atoms with van der Waals surface area (Å²) in [5, 5.41) is 13.3. The zero-order chi connectivity index (χ0) is 25.9. The van der Waals surface area contributed by atoms with Gasteiger partial charge < -0.3 is 24.6 Å². The predicted octanol–water partition coefficient (Wildman–Crippen LogP) is 3.94. The molecule has 2 atom stereocenters. The molecule has 6 rings (SSSR count). The Morgan fingerprint density at radius 1 is 1.27 bits per heavy atom. The van der Waals surface area contributed by atoms with Gasteiger partial charge in [0, 0.05) is 48.8 Å². The number of aryl methyl sites for hydroxylation is 1. The number of anilines is 1. The van der Waals surface area contributed by atoms with E-state index in [1.807, 2.05) is 18.7 Å². The standard InChI is InChI=1S/C27H31F2N5O3/c1-15(18-4-3-5-20(10-18)27(28,29)14-35)30-24-21-11-22-23(19-12-33(13-19)26(36)17-6-7-17)37-9-8-34(22)25(21)32-16(2)31-24/h3-5,10-11,15,17,19,23,35H,6-9,12-14H2,1-2H3,(H,30,31,32)/t15-,23?/m1/s1. The third kappa shape index (κ3) is 4.35. The molecular weight excluding hydrogens is 480 g/mol. The molecule has 1 amide bonds. The molecule has 3 aromatic rings. The van der Waals surface area contributed by atoms with E-state index in [9.17, 15) is 13.6 Å². The largest absolute Gasteiger partial charge is 0.390 e. The molecule has 10 heteroatoms. The van der Waals surface area contributed by atoms with E-state index in [0.717, 1.165) is 29.6 Å². The van der Waals surface area contributed by atoms with Crippen molar-refractivity contribution < 1.29 is 23.4 Å². The van der Waals surface area contributed by atoms with Crippen LogP contribution < -0.4 is 5.32 Å². The Kier molecular flexibility index (Phi) is 5.91. The van der Waals surface area contributed by atoms with Gasteiger partial charge in [0.1, 0.15) is 30.0 Å². The Labute approximate surface area is 213 Å². The van der Waals surface area contributed by atoms with Gasteiger partial charge in [-0.3, -0.25) is 4.79 Å². The smallest absolute Gasteiger partial charge is 0.295 e. The molecule has 8 nitrogen and oxygen atoms in total. The summed E-state index contributed by atoms with van der Waals surface area (Å²) in [5.74, 6) is -1.32. The van der Waals surface area contributed by atoms with E-state index < -0.39 is 12.5 Å². The first kappa shape index (κ1) is 24.2. The summed E-state index contributed by atoms with van der Waals surface area (Å²) >= 11 is 0. The van der Waals surface area contributed by atoms with E-state index in [0.29, 0.717) is 43.4 Å². The first-order valence-corrected chi connectivity index (χ1v) is 12.9. The summed E-state index contributed by atoms with van der Waals surface area (Å²) in [6.07, 6.45) is 1.90. The van der Waals surface area contributed by atoms with Crippen molar-refractivity contribution in [2.24, 2.45) is 11.8 Å². The second kappa shape index (κ2) is 9.02. The van der Waals surface area contributed by atoms with Gasteiger partial charge >= 0.3 is 0 Å². The summed E-state index contributed by atoms with van der Waals surface area (Å²) in [6, 6.07) is 7.84. The molecule has 2 N–H and O–H groups in total. The second-order valence-electron chi connectivity index (χ2n) is 10.5. The number of nitrogens with one attached hydrogen (secondary N) is 1. The molecule has 196 valence electrons. The van der Waals surface area contributed by atoms with E-state index in [4.69, 9.17) is 14.8 Å². The zero-order valence-electron chi connectivity index (χ0n) is 21.0. The minimum Gasteiger partial charge on any atom is -0.390 e. The molecule has 0 bridgehead atoms. The number of alkyl halides is 2. The van der Waals surface area contributed by atoms with E-state index >= 15 is 0 Å². The summed E-state index contributed by atoms with van der Waals surface area (Å²) in [5.41, 5.74) is 2.29. The highest BCUT2D eigenvalue weighted by atomic mass is 19.3. The molecule has 4 heterocycles. The Balaban J connectivity index is 1.27. The Morgan fingerprint density at radius 2 is 2.05 bits per heavy atom. The number of likely N-dealkylation sites (tertiary alicyclic amines) is 1. The number of rotatable bonds is 7. The predicted molar refractivity (Wildman–Crippen MR) is 133 cm³/mol. The van der Waals surface area contributed by atoms with Crippen LogP contribution in [-0.4, -0.2) is 56.8 Å². The van der Waals surface area contributed by atoms with E-state index in [1.165, 1.54) is 12.1 Å². The molecule has 1 unspecified atom stereocenters. The highest BCUT2D eigenvalue weighted by Gasteiger charge is 2.44. The monoisotopic (exact) mass is 511 g/mol. The number of aliphatic hydroxyl groups is 1. The van der Waals surface area contributed by atoms with E-state index in [1.54, 1.807) is 12.1 Å². The molecular formula is C27H31F2N5O3. The normalized spacial score (nSPS) is 21.0. The van der Waals surface area contributed by atoms with Crippen molar-refractivity contribution in [2.75, 3.05) is 31.6 Å². The Bertz CT molecular complexity index is 1350. The molecule has 0 spiro atoms. The van der Waals surface area contributed by atoms with Gasteiger partial charge in [-0.25, -0.2) is 9.97 Å². The number of fused-ring (bicyclic) bond motifs is 3. The third-order valence-electron chi connectivity index (χ3n) is 7.74. The maximum Gasteiger partial charge on any atom is 0.295 e. The number of halogens is 2. The lowest BCUT2D eigenvalue weighted by atomic mass is 9.90. The average molecular weight is 512 g/mol. The van der Waals surface area contributed by atoms with E-state index in [2.05, 4.69) is 20.9 Å².